The van der Waals surface area contributed by atoms with Gasteiger partial charge in [0.1, 0.15) is 0 Å². The fourth-order valence-electron chi connectivity index (χ4n) is 3.36. The van der Waals surface area contributed by atoms with Crippen LogP contribution in [-0.2, 0) is 22.6 Å². The van der Waals surface area contributed by atoms with Gasteiger partial charge in [-0.05, 0) is 36.8 Å². The highest BCUT2D eigenvalue weighted by Gasteiger charge is 2.31. The fraction of sp³-hybridized carbons (Fsp3) is 0.529. The van der Waals surface area contributed by atoms with Crippen LogP contribution in [0.4, 0.5) is 0 Å². The van der Waals surface area contributed by atoms with Crippen LogP contribution in [0.15, 0.2) is 24.3 Å². The predicted molar refractivity (Wildman–Crippen MR) is 81.9 cm³/mol. The number of hydrogen-bond donors (Lipinski definition) is 2. The monoisotopic (exact) mass is 302 g/mol. The number of nitrogens with one attached hydrogen (secondary N) is 1. The number of benzene rings is 1. The first-order chi connectivity index (χ1) is 10.6. The van der Waals surface area contributed by atoms with Gasteiger partial charge in [-0.1, -0.05) is 24.3 Å². The lowest BCUT2D eigenvalue weighted by atomic mass is 10.00. The summed E-state index contributed by atoms with van der Waals surface area (Å²) < 4.78 is 0. The first-order valence-electron chi connectivity index (χ1n) is 7.95. The molecule has 0 spiro atoms. The van der Waals surface area contributed by atoms with Crippen LogP contribution in [0.3, 0.4) is 0 Å². The van der Waals surface area contributed by atoms with E-state index in [9.17, 15) is 14.7 Å². The molecule has 0 bridgehead atoms. The van der Waals surface area contributed by atoms with Crippen molar-refractivity contribution in [2.45, 2.75) is 38.3 Å². The minimum Gasteiger partial charge on any atom is -0.392 e. The van der Waals surface area contributed by atoms with Crippen molar-refractivity contribution >= 4 is 11.8 Å². The lowest BCUT2D eigenvalue weighted by Crippen LogP contribution is -2.44. The molecule has 5 nitrogen and oxygen atoms in total. The zero-order valence-electron chi connectivity index (χ0n) is 12.6. The van der Waals surface area contributed by atoms with Crippen LogP contribution >= 0.6 is 0 Å². The molecule has 2 aliphatic rings. The second-order valence-corrected chi connectivity index (χ2v) is 6.16. The van der Waals surface area contributed by atoms with E-state index in [0.29, 0.717) is 25.9 Å². The summed E-state index contributed by atoms with van der Waals surface area (Å²) in [6.07, 6.45) is 2.55. The van der Waals surface area contributed by atoms with Crippen LogP contribution in [0.25, 0.3) is 0 Å². The number of rotatable bonds is 3. The second-order valence-electron chi connectivity index (χ2n) is 6.16. The Morgan fingerprint density at radius 3 is 2.73 bits per heavy atom. The van der Waals surface area contributed by atoms with Crippen molar-refractivity contribution in [2.24, 2.45) is 5.92 Å². The Labute approximate surface area is 130 Å². The van der Waals surface area contributed by atoms with Crippen molar-refractivity contribution in [1.29, 1.82) is 0 Å². The van der Waals surface area contributed by atoms with Gasteiger partial charge in [0.2, 0.25) is 11.8 Å². The van der Waals surface area contributed by atoms with Gasteiger partial charge in [-0.3, -0.25) is 9.59 Å². The van der Waals surface area contributed by atoms with Crippen molar-refractivity contribution in [3.05, 3.63) is 35.4 Å². The van der Waals surface area contributed by atoms with Crippen LogP contribution in [0.2, 0.25) is 0 Å². The maximum Gasteiger partial charge on any atom is 0.242 e. The lowest BCUT2D eigenvalue weighted by Gasteiger charge is -2.29. The highest BCUT2D eigenvalue weighted by atomic mass is 16.3. The molecule has 2 unspecified atom stereocenters. The highest BCUT2D eigenvalue weighted by molar-refractivity contribution is 5.86. The minimum absolute atomic E-state index is 0.0181. The molecule has 1 aromatic rings. The molecular formula is C17H22N2O3. The number of nitrogens with zero attached hydrogens (tertiary/aromatic N) is 1. The molecular weight excluding hydrogens is 280 g/mol. The van der Waals surface area contributed by atoms with Gasteiger partial charge in [-0.2, -0.15) is 0 Å². The van der Waals surface area contributed by atoms with Crippen LogP contribution in [0.5, 0.6) is 0 Å². The highest BCUT2D eigenvalue weighted by Crippen LogP contribution is 2.25. The normalized spacial score (nSPS) is 24.0. The summed E-state index contributed by atoms with van der Waals surface area (Å²) in [6, 6.07) is 8.14. The Hall–Kier alpha value is -1.88. The van der Waals surface area contributed by atoms with Crippen molar-refractivity contribution in [1.82, 2.24) is 10.2 Å². The standard InChI is InChI=1S/C17H22N2O3/c20-15-7-3-6-14(15)17(22)18-10-16(21)19-9-8-12-4-1-2-5-13(12)11-19/h1-2,4-5,14-15,20H,3,6-11H2,(H,18,22). The third kappa shape index (κ3) is 3.14. The molecule has 2 amide bonds. The van der Waals surface area contributed by atoms with Crippen molar-refractivity contribution in [2.75, 3.05) is 13.1 Å². The summed E-state index contributed by atoms with van der Waals surface area (Å²) in [5, 5.41) is 12.4. The zero-order valence-corrected chi connectivity index (χ0v) is 12.6. The Kier molecular flexibility index (Phi) is 4.43. The summed E-state index contributed by atoms with van der Waals surface area (Å²) in [4.78, 5) is 26.0. The SMILES string of the molecule is O=C(NCC(=O)N1CCc2ccccc2C1)C1CCCC1O. The van der Waals surface area contributed by atoms with E-state index < -0.39 is 6.10 Å². The van der Waals surface area contributed by atoms with Gasteiger partial charge >= 0.3 is 0 Å². The fourth-order valence-corrected chi connectivity index (χ4v) is 3.36. The topological polar surface area (TPSA) is 69.6 Å². The number of fused-ring (bicyclic) bond motifs is 1. The molecule has 118 valence electrons. The molecule has 1 saturated carbocycles. The first-order valence-corrected chi connectivity index (χ1v) is 7.95. The molecule has 5 heteroatoms. The molecule has 2 atom stereocenters. The summed E-state index contributed by atoms with van der Waals surface area (Å²) in [6.45, 7) is 1.32. The molecule has 0 saturated heterocycles. The number of aliphatic hydroxyl groups is 1. The van der Waals surface area contributed by atoms with E-state index in [-0.39, 0.29) is 24.3 Å². The molecule has 0 radical (unpaired) electrons. The number of aliphatic hydroxyl groups excluding tert-OH is 1. The molecule has 0 aromatic heterocycles. The largest absolute Gasteiger partial charge is 0.392 e. The average Bonchev–Trinajstić information content (AvgIpc) is 2.98. The molecule has 3 rings (SSSR count). The maximum atomic E-state index is 12.3. The van der Waals surface area contributed by atoms with Crippen molar-refractivity contribution in [3.8, 4) is 0 Å². The lowest BCUT2D eigenvalue weighted by molar-refractivity contribution is -0.135. The molecule has 1 aliphatic carbocycles. The van der Waals surface area contributed by atoms with Gasteiger partial charge < -0.3 is 15.3 Å². The van der Waals surface area contributed by atoms with E-state index in [4.69, 9.17) is 0 Å². The molecule has 22 heavy (non-hydrogen) atoms. The number of hydrogen-bond acceptors (Lipinski definition) is 3. The van der Waals surface area contributed by atoms with E-state index in [1.807, 2.05) is 18.2 Å². The summed E-state index contributed by atoms with van der Waals surface area (Å²) in [5.41, 5.74) is 2.48. The number of carbonyl (C=O) groups is 2. The van der Waals surface area contributed by atoms with E-state index >= 15 is 0 Å². The third-order valence-electron chi connectivity index (χ3n) is 4.71. The first kappa shape index (κ1) is 15.0. The van der Waals surface area contributed by atoms with Gasteiger partial charge in [-0.15, -0.1) is 0 Å². The van der Waals surface area contributed by atoms with Crippen LogP contribution < -0.4 is 5.32 Å². The predicted octanol–water partition coefficient (Wildman–Crippen LogP) is 0.848. The third-order valence-corrected chi connectivity index (χ3v) is 4.71. The summed E-state index contributed by atoms with van der Waals surface area (Å²) in [7, 11) is 0. The quantitative estimate of drug-likeness (QED) is 0.869. The Balaban J connectivity index is 1.52. The Bertz CT molecular complexity index is 573. The van der Waals surface area contributed by atoms with Crippen molar-refractivity contribution < 1.29 is 14.7 Å². The van der Waals surface area contributed by atoms with Crippen LogP contribution in [-0.4, -0.2) is 41.0 Å². The smallest absolute Gasteiger partial charge is 0.242 e. The van der Waals surface area contributed by atoms with Gasteiger partial charge in [0, 0.05) is 13.1 Å². The van der Waals surface area contributed by atoms with Crippen LogP contribution in [0, 0.1) is 5.92 Å². The summed E-state index contributed by atoms with van der Waals surface area (Å²) >= 11 is 0. The van der Waals surface area contributed by atoms with E-state index in [2.05, 4.69) is 11.4 Å². The number of carbonyl (C=O) groups excluding carboxylic acids is 2. The average molecular weight is 302 g/mol. The maximum absolute atomic E-state index is 12.3. The van der Waals surface area contributed by atoms with E-state index in [1.165, 1.54) is 11.1 Å². The molecule has 1 aromatic carbocycles. The molecule has 1 heterocycles. The van der Waals surface area contributed by atoms with E-state index in [0.717, 1.165) is 12.8 Å². The second kappa shape index (κ2) is 6.48. The van der Waals surface area contributed by atoms with Crippen molar-refractivity contribution in [3.63, 3.8) is 0 Å². The van der Waals surface area contributed by atoms with Gasteiger partial charge in [-0.25, -0.2) is 0 Å². The minimum atomic E-state index is -0.558. The molecule has 1 fully saturated rings. The number of amides is 2. The Morgan fingerprint density at radius 2 is 2.00 bits per heavy atom. The Morgan fingerprint density at radius 1 is 1.23 bits per heavy atom. The van der Waals surface area contributed by atoms with E-state index in [1.54, 1.807) is 4.90 Å². The summed E-state index contributed by atoms with van der Waals surface area (Å²) in [5.74, 6) is -0.610. The van der Waals surface area contributed by atoms with Crippen LogP contribution in [0.1, 0.15) is 30.4 Å². The van der Waals surface area contributed by atoms with Gasteiger partial charge in [0.05, 0.1) is 18.6 Å². The molecule has 1 aliphatic heterocycles. The van der Waals surface area contributed by atoms with Gasteiger partial charge in [0.15, 0.2) is 0 Å². The molecule has 2 N–H and O–H groups in total. The zero-order chi connectivity index (χ0) is 15.5. The van der Waals surface area contributed by atoms with Gasteiger partial charge in [0.25, 0.3) is 0 Å².